The molecule has 0 radical (unpaired) electrons. The van der Waals surface area contributed by atoms with Gasteiger partial charge in [0.05, 0.1) is 23.5 Å². The van der Waals surface area contributed by atoms with E-state index in [9.17, 15) is 13.2 Å². The van der Waals surface area contributed by atoms with Crippen LogP contribution in [-0.2, 0) is 9.84 Å². The van der Waals surface area contributed by atoms with Crippen LogP contribution in [0.25, 0.3) is 0 Å². The van der Waals surface area contributed by atoms with Gasteiger partial charge in [-0.05, 0) is 24.6 Å². The van der Waals surface area contributed by atoms with Crippen molar-refractivity contribution >= 4 is 15.6 Å². The molecular weight excluding hydrogens is 264 g/mol. The Bertz CT molecular complexity index is 631. The summed E-state index contributed by atoms with van der Waals surface area (Å²) in [5, 5.41) is 0. The van der Waals surface area contributed by atoms with Crippen LogP contribution in [0.1, 0.15) is 35.2 Å². The number of sulfone groups is 1. The van der Waals surface area contributed by atoms with Crippen LogP contribution in [0.3, 0.4) is 0 Å². The molecule has 0 atom stereocenters. The lowest BCUT2D eigenvalue weighted by Gasteiger charge is -2.40. The summed E-state index contributed by atoms with van der Waals surface area (Å²) in [6, 6.07) is 5.54. The summed E-state index contributed by atoms with van der Waals surface area (Å²) in [5.74, 6) is 0.888. The third-order valence-electron chi connectivity index (χ3n) is 3.98. The molecule has 5 heteroatoms. The molecule has 0 aliphatic carbocycles. The Morgan fingerprint density at radius 2 is 1.89 bits per heavy atom. The monoisotopic (exact) mass is 280 g/mol. The van der Waals surface area contributed by atoms with E-state index in [1.807, 2.05) is 19.1 Å². The van der Waals surface area contributed by atoms with E-state index in [2.05, 4.69) is 0 Å². The van der Waals surface area contributed by atoms with E-state index < -0.39 is 15.4 Å². The summed E-state index contributed by atoms with van der Waals surface area (Å²) in [6.45, 7) is 1.95. The van der Waals surface area contributed by atoms with E-state index in [4.69, 9.17) is 4.74 Å². The number of rotatable bonds is 0. The molecule has 3 rings (SSSR count). The second-order valence-electron chi connectivity index (χ2n) is 5.54. The van der Waals surface area contributed by atoms with Gasteiger partial charge in [0.15, 0.2) is 15.6 Å². The van der Waals surface area contributed by atoms with Gasteiger partial charge in [0.25, 0.3) is 0 Å². The van der Waals surface area contributed by atoms with Crippen molar-refractivity contribution in [3.63, 3.8) is 0 Å². The zero-order chi connectivity index (χ0) is 13.7. The van der Waals surface area contributed by atoms with Crippen LogP contribution in [0.4, 0.5) is 0 Å². The molecule has 4 nitrogen and oxygen atoms in total. The number of carbonyl (C=O) groups excluding carboxylic acids is 1. The third-order valence-corrected chi connectivity index (χ3v) is 5.64. The van der Waals surface area contributed by atoms with E-state index in [0.29, 0.717) is 30.6 Å². The number of ether oxygens (including phenoxy) is 1. The smallest absolute Gasteiger partial charge is 0.170 e. The highest BCUT2D eigenvalue weighted by atomic mass is 32.2. The van der Waals surface area contributed by atoms with Gasteiger partial charge < -0.3 is 4.74 Å². The minimum absolute atomic E-state index is 0.0561. The maximum absolute atomic E-state index is 12.2. The van der Waals surface area contributed by atoms with E-state index >= 15 is 0 Å². The second kappa shape index (κ2) is 4.07. The van der Waals surface area contributed by atoms with Crippen LogP contribution in [0.2, 0.25) is 0 Å². The van der Waals surface area contributed by atoms with Crippen LogP contribution < -0.4 is 4.74 Å². The number of aryl methyl sites for hydroxylation is 1. The maximum Gasteiger partial charge on any atom is 0.170 e. The minimum Gasteiger partial charge on any atom is -0.486 e. The lowest BCUT2D eigenvalue weighted by Crippen LogP contribution is -2.48. The van der Waals surface area contributed by atoms with Crippen LogP contribution in [0.5, 0.6) is 5.75 Å². The van der Waals surface area contributed by atoms with Crippen molar-refractivity contribution in [3.8, 4) is 5.75 Å². The minimum atomic E-state index is -2.95. The molecule has 0 saturated carbocycles. The highest BCUT2D eigenvalue weighted by Crippen LogP contribution is 2.40. The summed E-state index contributed by atoms with van der Waals surface area (Å²) in [7, 11) is -2.95. The molecule has 0 unspecified atom stereocenters. The fourth-order valence-corrected chi connectivity index (χ4v) is 4.36. The molecule has 2 aliphatic rings. The first kappa shape index (κ1) is 12.7. The van der Waals surface area contributed by atoms with Crippen molar-refractivity contribution in [2.24, 2.45) is 0 Å². The third kappa shape index (κ3) is 2.27. The zero-order valence-corrected chi connectivity index (χ0v) is 11.6. The van der Waals surface area contributed by atoms with E-state index in [-0.39, 0.29) is 17.3 Å². The first-order chi connectivity index (χ1) is 8.89. The van der Waals surface area contributed by atoms with Crippen molar-refractivity contribution in [2.45, 2.75) is 31.8 Å². The van der Waals surface area contributed by atoms with Gasteiger partial charge in [-0.25, -0.2) is 8.42 Å². The number of benzene rings is 1. The Hall–Kier alpha value is -1.36. The number of fused-ring (bicyclic) bond motifs is 1. The molecule has 1 aromatic carbocycles. The first-order valence-corrected chi connectivity index (χ1v) is 8.25. The summed E-state index contributed by atoms with van der Waals surface area (Å²) in [6.07, 6.45) is 1.11. The van der Waals surface area contributed by atoms with Gasteiger partial charge in [-0.1, -0.05) is 6.07 Å². The topological polar surface area (TPSA) is 60.4 Å². The van der Waals surface area contributed by atoms with E-state index in [0.717, 1.165) is 5.56 Å². The quantitative estimate of drug-likeness (QED) is 0.728. The number of hydrogen-bond acceptors (Lipinski definition) is 4. The molecule has 19 heavy (non-hydrogen) atoms. The fourth-order valence-electron chi connectivity index (χ4n) is 2.79. The highest BCUT2D eigenvalue weighted by Gasteiger charge is 2.44. The van der Waals surface area contributed by atoms with Crippen molar-refractivity contribution in [1.29, 1.82) is 0 Å². The number of carbonyl (C=O) groups is 1. The normalized spacial score (nSPS) is 23.7. The highest BCUT2D eigenvalue weighted by molar-refractivity contribution is 7.91. The molecule has 1 fully saturated rings. The molecule has 1 aromatic rings. The molecule has 2 aliphatic heterocycles. The van der Waals surface area contributed by atoms with Crippen molar-refractivity contribution in [2.75, 3.05) is 11.5 Å². The molecule has 102 valence electrons. The van der Waals surface area contributed by atoms with Gasteiger partial charge in [0.1, 0.15) is 11.4 Å². The first-order valence-electron chi connectivity index (χ1n) is 6.43. The molecule has 2 heterocycles. The molecule has 0 amide bonds. The average Bonchev–Trinajstić information content (AvgIpc) is 2.33. The van der Waals surface area contributed by atoms with Crippen molar-refractivity contribution in [1.82, 2.24) is 0 Å². The molecule has 0 bridgehead atoms. The summed E-state index contributed by atoms with van der Waals surface area (Å²) < 4.78 is 29.1. The second-order valence-corrected chi connectivity index (χ2v) is 7.84. The standard InChI is InChI=1S/C14H16O4S/c1-10-2-3-11-12(15)9-14(18-13(11)8-10)4-6-19(16,17)7-5-14/h2-3,8H,4-7,9H2,1H3. The Morgan fingerprint density at radius 3 is 2.58 bits per heavy atom. The van der Waals surface area contributed by atoms with Gasteiger partial charge in [-0.2, -0.15) is 0 Å². The van der Waals surface area contributed by atoms with Crippen molar-refractivity contribution < 1.29 is 17.9 Å². The molecular formula is C14H16O4S. The van der Waals surface area contributed by atoms with Gasteiger partial charge >= 0.3 is 0 Å². The van der Waals surface area contributed by atoms with E-state index in [1.165, 1.54) is 0 Å². The lowest BCUT2D eigenvalue weighted by atomic mass is 9.85. The summed E-state index contributed by atoms with van der Waals surface area (Å²) >= 11 is 0. The number of Topliss-reactive ketones (excluding diaryl/α,β-unsaturated/α-hetero) is 1. The molecule has 0 aromatic heterocycles. The SMILES string of the molecule is Cc1ccc2c(c1)OC1(CCS(=O)(=O)CC1)CC2=O. The Morgan fingerprint density at radius 1 is 1.21 bits per heavy atom. The maximum atomic E-state index is 12.2. The van der Waals surface area contributed by atoms with Gasteiger partial charge in [0, 0.05) is 12.8 Å². The van der Waals surface area contributed by atoms with Crippen LogP contribution >= 0.6 is 0 Å². The van der Waals surface area contributed by atoms with Gasteiger partial charge in [-0.15, -0.1) is 0 Å². The van der Waals surface area contributed by atoms with Crippen LogP contribution in [0, 0.1) is 6.92 Å². The molecule has 1 spiro atoms. The van der Waals surface area contributed by atoms with Crippen molar-refractivity contribution in [3.05, 3.63) is 29.3 Å². The number of ketones is 1. The van der Waals surface area contributed by atoms with Gasteiger partial charge in [-0.3, -0.25) is 4.79 Å². The summed E-state index contributed by atoms with van der Waals surface area (Å²) in [5.41, 5.74) is 1.04. The zero-order valence-electron chi connectivity index (χ0n) is 10.8. The average molecular weight is 280 g/mol. The largest absolute Gasteiger partial charge is 0.486 e. The predicted octanol–water partition coefficient (Wildman–Crippen LogP) is 1.91. The molecule has 1 saturated heterocycles. The van der Waals surface area contributed by atoms with Gasteiger partial charge in [0.2, 0.25) is 0 Å². The Balaban J connectivity index is 1.95. The predicted molar refractivity (Wildman–Crippen MR) is 71.4 cm³/mol. The Kier molecular flexibility index (Phi) is 2.71. The van der Waals surface area contributed by atoms with E-state index in [1.54, 1.807) is 6.07 Å². The molecule has 0 N–H and O–H groups in total. The summed E-state index contributed by atoms with van der Waals surface area (Å²) in [4.78, 5) is 12.2. The lowest BCUT2D eigenvalue weighted by molar-refractivity contribution is 0.0335. The van der Waals surface area contributed by atoms with Crippen LogP contribution in [-0.4, -0.2) is 31.3 Å². The fraction of sp³-hybridized carbons (Fsp3) is 0.500. The van der Waals surface area contributed by atoms with Crippen LogP contribution in [0.15, 0.2) is 18.2 Å². The Labute approximate surface area is 112 Å². The number of hydrogen-bond donors (Lipinski definition) is 0.